The predicted octanol–water partition coefficient (Wildman–Crippen LogP) is 1.66. The number of hydrogen-bond acceptors (Lipinski definition) is 6. The van der Waals surface area contributed by atoms with E-state index in [1.807, 2.05) is 0 Å². The molecule has 1 saturated carbocycles. The Morgan fingerprint density at radius 3 is 2.42 bits per heavy atom. The van der Waals surface area contributed by atoms with Crippen LogP contribution in [0, 0.1) is 0 Å². The number of hydrogen-bond donors (Lipinski definition) is 2. The van der Waals surface area contributed by atoms with Gasteiger partial charge in [-0.15, -0.1) is 0 Å². The number of carbonyl (C=O) groups is 4. The Balaban J connectivity index is 1.46. The van der Waals surface area contributed by atoms with Crippen molar-refractivity contribution in [3.8, 4) is 0 Å². The summed E-state index contributed by atoms with van der Waals surface area (Å²) in [5, 5.41) is 5.96. The number of nitrogens with one attached hydrogen (secondary N) is 2. The second-order valence-corrected chi connectivity index (χ2v) is 9.05. The van der Waals surface area contributed by atoms with Gasteiger partial charge in [0.15, 0.2) is 5.76 Å². The molecule has 3 aliphatic rings. The molecular weight excluding hydrogens is 428 g/mol. The molecule has 10 heteroatoms. The van der Waals surface area contributed by atoms with E-state index >= 15 is 0 Å². The summed E-state index contributed by atoms with van der Waals surface area (Å²) in [6.07, 6.45) is 8.23. The zero-order valence-electron chi connectivity index (χ0n) is 19.0. The SMILES string of the molecule is COC(=O)[C@H]1CCCN1C(=O)[C@@H]1C[C@H](NC(=O)NC2CCCCC2)CN1C(=O)c1ccco1. The van der Waals surface area contributed by atoms with E-state index in [-0.39, 0.29) is 42.7 Å². The Morgan fingerprint density at radius 2 is 1.73 bits per heavy atom. The summed E-state index contributed by atoms with van der Waals surface area (Å²) in [5.41, 5.74) is 0. The van der Waals surface area contributed by atoms with E-state index in [0.29, 0.717) is 19.4 Å². The zero-order chi connectivity index (χ0) is 23.4. The average molecular weight is 461 g/mol. The molecule has 2 saturated heterocycles. The Bertz CT molecular complexity index is 866. The van der Waals surface area contributed by atoms with Crippen LogP contribution in [0.1, 0.15) is 61.9 Å². The molecule has 180 valence electrons. The minimum atomic E-state index is -0.798. The van der Waals surface area contributed by atoms with Crippen LogP contribution in [0.4, 0.5) is 4.79 Å². The van der Waals surface area contributed by atoms with Gasteiger partial charge in [-0.1, -0.05) is 19.3 Å². The van der Waals surface area contributed by atoms with Crippen LogP contribution in [0.5, 0.6) is 0 Å². The average Bonchev–Trinajstić information content (AvgIpc) is 3.59. The van der Waals surface area contributed by atoms with Gasteiger partial charge in [0.25, 0.3) is 5.91 Å². The van der Waals surface area contributed by atoms with E-state index in [1.165, 1.54) is 29.6 Å². The highest BCUT2D eigenvalue weighted by molar-refractivity contribution is 5.97. The van der Waals surface area contributed by atoms with Gasteiger partial charge in [-0.3, -0.25) is 9.59 Å². The van der Waals surface area contributed by atoms with Crippen molar-refractivity contribution in [2.45, 2.75) is 75.5 Å². The van der Waals surface area contributed by atoms with E-state index in [2.05, 4.69) is 10.6 Å². The van der Waals surface area contributed by atoms with Gasteiger partial charge >= 0.3 is 12.0 Å². The molecule has 0 bridgehead atoms. The summed E-state index contributed by atoms with van der Waals surface area (Å²) in [6, 6.07) is 1.20. The topological polar surface area (TPSA) is 121 Å². The van der Waals surface area contributed by atoms with Crippen molar-refractivity contribution < 1.29 is 28.3 Å². The maximum Gasteiger partial charge on any atom is 0.328 e. The van der Waals surface area contributed by atoms with Crippen molar-refractivity contribution in [1.29, 1.82) is 0 Å². The lowest BCUT2D eigenvalue weighted by Crippen LogP contribution is -2.51. The molecule has 1 aliphatic carbocycles. The Hall–Kier alpha value is -3.04. The summed E-state index contributed by atoms with van der Waals surface area (Å²) >= 11 is 0. The largest absolute Gasteiger partial charge is 0.467 e. The summed E-state index contributed by atoms with van der Waals surface area (Å²) in [5.74, 6) is -1.04. The fraction of sp³-hybridized carbons (Fsp3) is 0.652. The number of methoxy groups -OCH3 is 1. The number of rotatable bonds is 5. The molecule has 2 N–H and O–H groups in total. The monoisotopic (exact) mass is 460 g/mol. The van der Waals surface area contributed by atoms with Gasteiger partial charge in [0.2, 0.25) is 5.91 Å². The number of urea groups is 1. The van der Waals surface area contributed by atoms with Crippen LogP contribution >= 0.6 is 0 Å². The minimum absolute atomic E-state index is 0.131. The summed E-state index contributed by atoms with van der Waals surface area (Å²) in [4.78, 5) is 54.3. The van der Waals surface area contributed by atoms with Gasteiger partial charge in [-0.25, -0.2) is 9.59 Å². The molecule has 0 radical (unpaired) electrons. The summed E-state index contributed by atoms with van der Waals surface area (Å²) in [6.45, 7) is 0.614. The maximum atomic E-state index is 13.5. The van der Waals surface area contributed by atoms with Crippen LogP contribution < -0.4 is 10.6 Å². The van der Waals surface area contributed by atoms with Crippen molar-refractivity contribution in [1.82, 2.24) is 20.4 Å². The van der Waals surface area contributed by atoms with Crippen LogP contribution in [0.3, 0.4) is 0 Å². The maximum absolute atomic E-state index is 13.5. The molecule has 3 heterocycles. The molecule has 0 unspecified atom stereocenters. The van der Waals surface area contributed by atoms with Crippen LogP contribution in [0.2, 0.25) is 0 Å². The van der Waals surface area contributed by atoms with Gasteiger partial charge in [-0.2, -0.15) is 0 Å². The first-order valence-electron chi connectivity index (χ1n) is 11.8. The number of likely N-dealkylation sites (tertiary alicyclic amines) is 2. The van der Waals surface area contributed by atoms with Gasteiger partial charge in [0.1, 0.15) is 12.1 Å². The van der Waals surface area contributed by atoms with Crippen molar-refractivity contribution in [2.24, 2.45) is 0 Å². The van der Waals surface area contributed by atoms with Crippen molar-refractivity contribution in [3.63, 3.8) is 0 Å². The van der Waals surface area contributed by atoms with Gasteiger partial charge in [0.05, 0.1) is 19.4 Å². The molecule has 0 aromatic carbocycles. The highest BCUT2D eigenvalue weighted by Gasteiger charge is 2.46. The van der Waals surface area contributed by atoms with Crippen LogP contribution in [0.15, 0.2) is 22.8 Å². The first kappa shape index (κ1) is 23.1. The van der Waals surface area contributed by atoms with Gasteiger partial charge in [-0.05, 0) is 44.2 Å². The normalized spacial score (nSPS) is 25.7. The Kier molecular flexibility index (Phi) is 7.20. The van der Waals surface area contributed by atoms with Crippen LogP contribution in [-0.4, -0.2) is 78.0 Å². The lowest BCUT2D eigenvalue weighted by Gasteiger charge is -2.29. The van der Waals surface area contributed by atoms with Crippen molar-refractivity contribution in [2.75, 3.05) is 20.2 Å². The minimum Gasteiger partial charge on any atom is -0.467 e. The lowest BCUT2D eigenvalue weighted by atomic mass is 9.96. The Labute approximate surface area is 193 Å². The van der Waals surface area contributed by atoms with Gasteiger partial charge in [0, 0.05) is 19.1 Å². The van der Waals surface area contributed by atoms with Gasteiger partial charge < -0.3 is 29.6 Å². The van der Waals surface area contributed by atoms with E-state index in [1.54, 1.807) is 12.1 Å². The fourth-order valence-corrected chi connectivity index (χ4v) is 5.20. The predicted molar refractivity (Wildman–Crippen MR) is 117 cm³/mol. The molecule has 0 spiro atoms. The lowest BCUT2D eigenvalue weighted by molar-refractivity contribution is -0.152. The molecule has 1 aromatic rings. The standard InChI is InChI=1S/C23H32N4O6/c1-32-22(30)17-9-5-11-26(17)20(28)18-13-16(14-27(18)21(29)19-10-6-12-33-19)25-23(31)24-15-7-3-2-4-8-15/h6,10,12,15-18H,2-5,7-9,11,13-14H2,1H3,(H2,24,25,31)/t16-,17+,18-/m0/s1. The molecule has 1 aromatic heterocycles. The fourth-order valence-electron chi connectivity index (χ4n) is 5.20. The smallest absolute Gasteiger partial charge is 0.328 e. The number of esters is 1. The third-order valence-corrected chi connectivity index (χ3v) is 6.86. The second kappa shape index (κ2) is 10.3. The Morgan fingerprint density at radius 1 is 0.970 bits per heavy atom. The molecular formula is C23H32N4O6. The molecule has 4 amide bonds. The number of nitrogens with zero attached hydrogens (tertiary/aromatic N) is 2. The third kappa shape index (κ3) is 5.15. The van der Waals surface area contributed by atoms with Crippen LogP contribution in [0.25, 0.3) is 0 Å². The third-order valence-electron chi connectivity index (χ3n) is 6.86. The highest BCUT2D eigenvalue weighted by Crippen LogP contribution is 2.27. The first-order chi connectivity index (χ1) is 16.0. The molecule has 2 aliphatic heterocycles. The molecule has 4 rings (SSSR count). The molecule has 10 nitrogen and oxygen atoms in total. The van der Waals surface area contributed by atoms with Crippen molar-refractivity contribution in [3.05, 3.63) is 24.2 Å². The highest BCUT2D eigenvalue weighted by atomic mass is 16.5. The number of amides is 4. The molecule has 3 fully saturated rings. The number of ether oxygens (including phenoxy) is 1. The van der Waals surface area contributed by atoms with E-state index < -0.39 is 24.0 Å². The summed E-state index contributed by atoms with van der Waals surface area (Å²) in [7, 11) is 1.30. The second-order valence-electron chi connectivity index (χ2n) is 9.05. The number of carbonyl (C=O) groups excluding carboxylic acids is 4. The zero-order valence-corrected chi connectivity index (χ0v) is 19.0. The van der Waals surface area contributed by atoms with E-state index in [9.17, 15) is 19.2 Å². The molecule has 3 atom stereocenters. The quantitative estimate of drug-likeness (QED) is 0.645. The van der Waals surface area contributed by atoms with Crippen molar-refractivity contribution >= 4 is 23.8 Å². The molecule has 33 heavy (non-hydrogen) atoms. The summed E-state index contributed by atoms with van der Waals surface area (Å²) < 4.78 is 10.1. The number of furan rings is 1. The first-order valence-corrected chi connectivity index (χ1v) is 11.8. The van der Waals surface area contributed by atoms with E-state index in [4.69, 9.17) is 9.15 Å². The van der Waals surface area contributed by atoms with E-state index in [0.717, 1.165) is 25.7 Å². The van der Waals surface area contributed by atoms with Crippen LogP contribution in [-0.2, 0) is 14.3 Å².